The molecule has 1 atom stereocenters. The molecular weight excluding hydrogens is 241 g/mol. The Hall–Kier alpha value is -1.17. The van der Waals surface area contributed by atoms with Gasteiger partial charge in [0.25, 0.3) is 0 Å². The lowest BCUT2D eigenvalue weighted by Crippen LogP contribution is -2.33. The number of halogens is 5. The van der Waals surface area contributed by atoms with Crippen LogP contribution in [0, 0.1) is 11.6 Å². The highest BCUT2D eigenvalue weighted by Crippen LogP contribution is 2.23. The zero-order valence-electron chi connectivity index (χ0n) is 9.11. The standard InChI is InChI=1S/C11H12F5N/c1-17-9(6-11(14,15)16)4-7-2-3-8(12)5-10(7)13/h2-3,5,9,17H,4,6H2,1H3. The van der Waals surface area contributed by atoms with Gasteiger partial charge in [0.1, 0.15) is 11.6 Å². The Morgan fingerprint density at radius 3 is 2.35 bits per heavy atom. The summed E-state index contributed by atoms with van der Waals surface area (Å²) in [4.78, 5) is 0. The van der Waals surface area contributed by atoms with Crippen molar-refractivity contribution >= 4 is 0 Å². The van der Waals surface area contributed by atoms with Gasteiger partial charge in [-0.1, -0.05) is 6.07 Å². The summed E-state index contributed by atoms with van der Waals surface area (Å²) >= 11 is 0. The van der Waals surface area contributed by atoms with E-state index in [4.69, 9.17) is 0 Å². The van der Waals surface area contributed by atoms with E-state index in [-0.39, 0.29) is 12.0 Å². The molecule has 0 bridgehead atoms. The molecule has 0 saturated carbocycles. The number of benzene rings is 1. The van der Waals surface area contributed by atoms with Gasteiger partial charge in [0.2, 0.25) is 0 Å². The van der Waals surface area contributed by atoms with Crippen LogP contribution >= 0.6 is 0 Å². The number of nitrogens with one attached hydrogen (secondary N) is 1. The molecule has 1 N–H and O–H groups in total. The van der Waals surface area contributed by atoms with Crippen molar-refractivity contribution in [2.45, 2.75) is 25.1 Å². The highest BCUT2D eigenvalue weighted by atomic mass is 19.4. The van der Waals surface area contributed by atoms with Crippen LogP contribution in [0.1, 0.15) is 12.0 Å². The summed E-state index contributed by atoms with van der Waals surface area (Å²) in [7, 11) is 1.37. The average molecular weight is 253 g/mol. The molecular formula is C11H12F5N. The van der Waals surface area contributed by atoms with Gasteiger partial charge in [0.15, 0.2) is 0 Å². The molecule has 0 spiro atoms. The van der Waals surface area contributed by atoms with E-state index in [1.807, 2.05) is 0 Å². The summed E-state index contributed by atoms with van der Waals surface area (Å²) in [5.41, 5.74) is 0.0648. The number of rotatable bonds is 4. The van der Waals surface area contributed by atoms with E-state index in [1.165, 1.54) is 7.05 Å². The Bertz CT molecular complexity index is 375. The number of hydrogen-bond acceptors (Lipinski definition) is 1. The van der Waals surface area contributed by atoms with Crippen LogP contribution in [0.2, 0.25) is 0 Å². The molecule has 0 aliphatic rings. The SMILES string of the molecule is CNC(Cc1ccc(F)cc1F)CC(F)(F)F. The largest absolute Gasteiger partial charge is 0.390 e. The van der Waals surface area contributed by atoms with Crippen molar-refractivity contribution in [2.75, 3.05) is 7.05 Å². The topological polar surface area (TPSA) is 12.0 Å². The first-order valence-corrected chi connectivity index (χ1v) is 5.00. The summed E-state index contributed by atoms with van der Waals surface area (Å²) in [5, 5.41) is 2.47. The predicted molar refractivity (Wildman–Crippen MR) is 53.6 cm³/mol. The Kier molecular flexibility index (Phi) is 4.45. The fourth-order valence-electron chi connectivity index (χ4n) is 1.51. The van der Waals surface area contributed by atoms with E-state index < -0.39 is 30.3 Å². The van der Waals surface area contributed by atoms with Gasteiger partial charge >= 0.3 is 6.18 Å². The molecule has 1 aromatic carbocycles. The van der Waals surface area contributed by atoms with Crippen LogP contribution in [-0.4, -0.2) is 19.3 Å². The Balaban J connectivity index is 2.74. The van der Waals surface area contributed by atoms with Crippen molar-refractivity contribution in [2.24, 2.45) is 0 Å². The first-order chi connectivity index (χ1) is 7.81. The molecule has 0 heterocycles. The smallest absolute Gasteiger partial charge is 0.316 e. The first kappa shape index (κ1) is 13.9. The van der Waals surface area contributed by atoms with Gasteiger partial charge < -0.3 is 5.32 Å². The fourth-order valence-corrected chi connectivity index (χ4v) is 1.51. The molecule has 0 aliphatic heterocycles. The average Bonchev–Trinajstić information content (AvgIpc) is 2.19. The summed E-state index contributed by atoms with van der Waals surface area (Å²) in [6, 6.07) is 1.93. The highest BCUT2D eigenvalue weighted by molar-refractivity contribution is 5.19. The highest BCUT2D eigenvalue weighted by Gasteiger charge is 2.31. The second kappa shape index (κ2) is 5.44. The van der Waals surface area contributed by atoms with Crippen LogP contribution < -0.4 is 5.32 Å². The van der Waals surface area contributed by atoms with Gasteiger partial charge in [-0.3, -0.25) is 0 Å². The third-order valence-electron chi connectivity index (χ3n) is 2.37. The molecule has 0 fully saturated rings. The first-order valence-electron chi connectivity index (χ1n) is 5.00. The molecule has 6 heteroatoms. The lowest BCUT2D eigenvalue weighted by atomic mass is 10.0. The quantitative estimate of drug-likeness (QED) is 0.813. The third kappa shape index (κ3) is 4.68. The minimum Gasteiger partial charge on any atom is -0.316 e. The van der Waals surface area contributed by atoms with E-state index in [1.54, 1.807) is 0 Å². The van der Waals surface area contributed by atoms with Gasteiger partial charge in [-0.2, -0.15) is 13.2 Å². The third-order valence-corrected chi connectivity index (χ3v) is 2.37. The van der Waals surface area contributed by atoms with Crippen LogP contribution in [0.4, 0.5) is 22.0 Å². The lowest BCUT2D eigenvalue weighted by molar-refractivity contribution is -0.139. The molecule has 0 saturated heterocycles. The second-order valence-electron chi connectivity index (χ2n) is 3.74. The maximum Gasteiger partial charge on any atom is 0.390 e. The maximum absolute atomic E-state index is 13.2. The molecule has 0 aliphatic carbocycles. The molecule has 1 rings (SSSR count). The molecule has 0 aromatic heterocycles. The summed E-state index contributed by atoms with van der Waals surface area (Å²) in [6.07, 6.45) is -5.51. The fraction of sp³-hybridized carbons (Fsp3) is 0.455. The van der Waals surface area contributed by atoms with E-state index in [2.05, 4.69) is 5.32 Å². The van der Waals surface area contributed by atoms with E-state index in [9.17, 15) is 22.0 Å². The van der Waals surface area contributed by atoms with Gasteiger partial charge in [-0.05, 0) is 25.1 Å². The van der Waals surface area contributed by atoms with Crippen molar-refractivity contribution in [3.63, 3.8) is 0 Å². The number of alkyl halides is 3. The summed E-state index contributed by atoms with van der Waals surface area (Å²) in [5.74, 6) is -1.57. The number of hydrogen-bond donors (Lipinski definition) is 1. The van der Waals surface area contributed by atoms with Crippen LogP contribution in [-0.2, 0) is 6.42 Å². The predicted octanol–water partition coefficient (Wildman–Crippen LogP) is 3.05. The van der Waals surface area contributed by atoms with Gasteiger partial charge in [-0.25, -0.2) is 8.78 Å². The second-order valence-corrected chi connectivity index (χ2v) is 3.74. The minimum absolute atomic E-state index is 0.0648. The Morgan fingerprint density at radius 1 is 1.24 bits per heavy atom. The minimum atomic E-state index is -4.32. The van der Waals surface area contributed by atoms with Crippen LogP contribution in [0.5, 0.6) is 0 Å². The van der Waals surface area contributed by atoms with E-state index in [0.717, 1.165) is 12.1 Å². The molecule has 0 amide bonds. The van der Waals surface area contributed by atoms with Crippen LogP contribution in [0.15, 0.2) is 18.2 Å². The zero-order valence-corrected chi connectivity index (χ0v) is 9.11. The van der Waals surface area contributed by atoms with Crippen molar-refractivity contribution in [1.82, 2.24) is 5.32 Å². The van der Waals surface area contributed by atoms with Crippen LogP contribution in [0.25, 0.3) is 0 Å². The van der Waals surface area contributed by atoms with Crippen molar-refractivity contribution in [3.05, 3.63) is 35.4 Å². The van der Waals surface area contributed by atoms with Gasteiger partial charge in [0, 0.05) is 12.1 Å². The molecule has 1 nitrogen and oxygen atoms in total. The summed E-state index contributed by atoms with van der Waals surface area (Å²) < 4.78 is 62.3. The van der Waals surface area contributed by atoms with Crippen molar-refractivity contribution < 1.29 is 22.0 Å². The van der Waals surface area contributed by atoms with Crippen molar-refractivity contribution in [3.8, 4) is 0 Å². The maximum atomic E-state index is 13.2. The normalized spacial score (nSPS) is 13.8. The number of likely N-dealkylation sites (N-methyl/N-ethyl adjacent to an activating group) is 1. The molecule has 17 heavy (non-hydrogen) atoms. The monoisotopic (exact) mass is 253 g/mol. The molecule has 1 unspecified atom stereocenters. The van der Waals surface area contributed by atoms with Crippen molar-refractivity contribution in [1.29, 1.82) is 0 Å². The molecule has 1 aromatic rings. The Morgan fingerprint density at radius 2 is 1.88 bits per heavy atom. The lowest BCUT2D eigenvalue weighted by Gasteiger charge is -2.18. The van der Waals surface area contributed by atoms with E-state index >= 15 is 0 Å². The zero-order chi connectivity index (χ0) is 13.1. The van der Waals surface area contributed by atoms with Crippen LogP contribution in [0.3, 0.4) is 0 Å². The van der Waals surface area contributed by atoms with Gasteiger partial charge in [0.05, 0.1) is 6.42 Å². The molecule has 0 radical (unpaired) electrons. The Labute approximate surface area is 95.6 Å². The molecule has 96 valence electrons. The van der Waals surface area contributed by atoms with Gasteiger partial charge in [-0.15, -0.1) is 0 Å². The summed E-state index contributed by atoms with van der Waals surface area (Å²) in [6.45, 7) is 0. The van der Waals surface area contributed by atoms with E-state index in [0.29, 0.717) is 6.07 Å².